The monoisotopic (exact) mass is 338 g/mol. The highest BCUT2D eigenvalue weighted by Gasteiger charge is 2.12. The molecule has 25 heavy (non-hydrogen) atoms. The Balaban J connectivity index is 1.75. The van der Waals surface area contributed by atoms with Crippen molar-refractivity contribution < 1.29 is 19.5 Å². The number of aromatic nitrogens is 2. The number of aromatic carboxylic acids is 1. The normalized spacial score (nSPS) is 10.6. The predicted molar refractivity (Wildman–Crippen MR) is 88.3 cm³/mol. The smallest absolute Gasteiger partial charge is 0.335 e. The average Bonchev–Trinajstić information content (AvgIpc) is 3.03. The van der Waals surface area contributed by atoms with Crippen LogP contribution in [0.1, 0.15) is 36.8 Å². The number of amides is 2. The van der Waals surface area contributed by atoms with Gasteiger partial charge in [0.15, 0.2) is 0 Å². The first-order valence-electron chi connectivity index (χ1n) is 7.33. The topological polar surface area (TPSA) is 127 Å². The van der Waals surface area contributed by atoms with Crippen molar-refractivity contribution in [1.29, 1.82) is 0 Å². The van der Waals surface area contributed by atoms with Crippen LogP contribution in [0.5, 0.6) is 0 Å². The van der Waals surface area contributed by atoms with Gasteiger partial charge in [-0.15, -0.1) is 0 Å². The maximum atomic E-state index is 12.2. The Morgan fingerprint density at radius 3 is 2.64 bits per heavy atom. The largest absolute Gasteiger partial charge is 0.478 e. The molecule has 0 aliphatic rings. The van der Waals surface area contributed by atoms with Crippen LogP contribution in [0.3, 0.4) is 0 Å². The minimum Gasteiger partial charge on any atom is -0.478 e. The van der Waals surface area contributed by atoms with Gasteiger partial charge < -0.3 is 20.6 Å². The second-order valence-corrected chi connectivity index (χ2v) is 5.36. The number of carbonyl (C=O) groups is 3. The third kappa shape index (κ3) is 3.47. The molecule has 0 bridgehead atoms. The first-order valence-corrected chi connectivity index (χ1v) is 7.33. The van der Waals surface area contributed by atoms with Gasteiger partial charge in [0.25, 0.3) is 5.91 Å². The minimum atomic E-state index is -1.03. The van der Waals surface area contributed by atoms with Crippen LogP contribution in [-0.4, -0.2) is 32.3 Å². The lowest BCUT2D eigenvalue weighted by Gasteiger charge is -2.04. The molecule has 4 N–H and O–H groups in total. The van der Waals surface area contributed by atoms with E-state index < -0.39 is 17.8 Å². The number of imidazole rings is 1. The van der Waals surface area contributed by atoms with Gasteiger partial charge in [0.2, 0.25) is 5.91 Å². The second-order valence-electron chi connectivity index (χ2n) is 5.36. The van der Waals surface area contributed by atoms with E-state index in [4.69, 9.17) is 10.8 Å². The highest BCUT2D eigenvalue weighted by molar-refractivity contribution is 5.94. The molecule has 0 spiro atoms. The Hall–Kier alpha value is -3.68. The maximum absolute atomic E-state index is 12.2. The Labute approximate surface area is 141 Å². The minimum absolute atomic E-state index is 0.151. The van der Waals surface area contributed by atoms with Crippen molar-refractivity contribution in [2.75, 3.05) is 0 Å². The first-order chi connectivity index (χ1) is 11.9. The average molecular weight is 338 g/mol. The summed E-state index contributed by atoms with van der Waals surface area (Å²) >= 11 is 0. The summed E-state index contributed by atoms with van der Waals surface area (Å²) in [6, 6.07) is 9.42. The summed E-state index contributed by atoms with van der Waals surface area (Å²) in [6.07, 6.45) is 2.99. The van der Waals surface area contributed by atoms with Gasteiger partial charge >= 0.3 is 5.97 Å². The van der Waals surface area contributed by atoms with Crippen molar-refractivity contribution in [2.24, 2.45) is 5.73 Å². The number of carboxylic acids is 1. The molecule has 0 radical (unpaired) electrons. The van der Waals surface area contributed by atoms with Gasteiger partial charge in [0.1, 0.15) is 11.3 Å². The molecule has 2 heterocycles. The van der Waals surface area contributed by atoms with E-state index in [0.717, 1.165) is 0 Å². The summed E-state index contributed by atoms with van der Waals surface area (Å²) in [5, 5.41) is 11.7. The number of benzene rings is 1. The predicted octanol–water partition coefficient (Wildman–Crippen LogP) is 1.06. The van der Waals surface area contributed by atoms with Gasteiger partial charge in [-0.05, 0) is 29.8 Å². The van der Waals surface area contributed by atoms with E-state index >= 15 is 0 Å². The molecule has 0 fully saturated rings. The summed E-state index contributed by atoms with van der Waals surface area (Å²) < 4.78 is 1.54. The number of nitrogens with one attached hydrogen (secondary N) is 1. The van der Waals surface area contributed by atoms with Crippen LogP contribution in [0.15, 0.2) is 48.8 Å². The molecule has 1 aromatic carbocycles. The molecule has 2 aromatic heterocycles. The lowest BCUT2D eigenvalue weighted by Crippen LogP contribution is -2.23. The zero-order valence-electron chi connectivity index (χ0n) is 13.0. The molecule has 3 aromatic rings. The standard InChI is InChI=1S/C17H14N4O4/c18-15(22)12-4-5-14-20-13(9-21(14)8-12)16(23)19-7-10-2-1-3-11(6-10)17(24)25/h1-6,8-9H,7H2,(H2,18,22)(H,19,23)(H,24,25). The van der Waals surface area contributed by atoms with E-state index in [1.165, 1.54) is 30.6 Å². The van der Waals surface area contributed by atoms with Crippen LogP contribution < -0.4 is 11.1 Å². The van der Waals surface area contributed by atoms with Gasteiger partial charge in [0.05, 0.1) is 11.1 Å². The highest BCUT2D eigenvalue weighted by atomic mass is 16.4. The fourth-order valence-corrected chi connectivity index (χ4v) is 2.33. The number of pyridine rings is 1. The molecule has 2 amide bonds. The first kappa shape index (κ1) is 16.2. The maximum Gasteiger partial charge on any atom is 0.335 e. The zero-order valence-corrected chi connectivity index (χ0v) is 13.0. The van der Waals surface area contributed by atoms with E-state index in [2.05, 4.69) is 10.3 Å². The lowest BCUT2D eigenvalue weighted by atomic mass is 10.1. The third-order valence-corrected chi connectivity index (χ3v) is 3.60. The molecule has 3 rings (SSSR count). The number of carbonyl (C=O) groups excluding carboxylic acids is 2. The van der Waals surface area contributed by atoms with Crippen LogP contribution in [-0.2, 0) is 6.54 Å². The number of hydrogen-bond acceptors (Lipinski definition) is 4. The molecule has 0 saturated carbocycles. The second kappa shape index (κ2) is 6.44. The highest BCUT2D eigenvalue weighted by Crippen LogP contribution is 2.09. The summed E-state index contributed by atoms with van der Waals surface area (Å²) in [7, 11) is 0. The lowest BCUT2D eigenvalue weighted by molar-refractivity contribution is 0.0696. The van der Waals surface area contributed by atoms with Crippen molar-refractivity contribution in [1.82, 2.24) is 14.7 Å². The number of nitrogens with two attached hydrogens (primary N) is 1. The van der Waals surface area contributed by atoms with Crippen molar-refractivity contribution in [3.05, 3.63) is 71.2 Å². The Bertz CT molecular complexity index is 993. The fraction of sp³-hybridized carbons (Fsp3) is 0.0588. The number of nitrogens with zero attached hydrogens (tertiary/aromatic N) is 2. The van der Waals surface area contributed by atoms with Crippen LogP contribution in [0.2, 0.25) is 0 Å². The third-order valence-electron chi connectivity index (χ3n) is 3.60. The Kier molecular flexibility index (Phi) is 4.17. The molecule has 0 aliphatic carbocycles. The van der Waals surface area contributed by atoms with E-state index in [-0.39, 0.29) is 17.8 Å². The summed E-state index contributed by atoms with van der Waals surface area (Å²) in [4.78, 5) is 38.5. The quantitative estimate of drug-likeness (QED) is 0.641. The Morgan fingerprint density at radius 2 is 1.92 bits per heavy atom. The van der Waals surface area contributed by atoms with Crippen LogP contribution in [0.4, 0.5) is 0 Å². The van der Waals surface area contributed by atoms with Gasteiger partial charge in [-0.1, -0.05) is 12.1 Å². The Morgan fingerprint density at radius 1 is 1.12 bits per heavy atom. The van der Waals surface area contributed by atoms with Crippen molar-refractivity contribution in [3.63, 3.8) is 0 Å². The van der Waals surface area contributed by atoms with Crippen LogP contribution >= 0.6 is 0 Å². The van der Waals surface area contributed by atoms with Crippen LogP contribution in [0.25, 0.3) is 5.65 Å². The molecule has 8 heteroatoms. The number of fused-ring (bicyclic) bond motifs is 1. The van der Waals surface area contributed by atoms with Gasteiger partial charge in [0, 0.05) is 18.9 Å². The van der Waals surface area contributed by atoms with E-state index in [9.17, 15) is 14.4 Å². The number of rotatable bonds is 5. The molecule has 0 atom stereocenters. The van der Waals surface area contributed by atoms with Crippen molar-refractivity contribution >= 4 is 23.4 Å². The van der Waals surface area contributed by atoms with Gasteiger partial charge in [-0.3, -0.25) is 9.59 Å². The van der Waals surface area contributed by atoms with E-state index in [1.807, 2.05) is 0 Å². The fourth-order valence-electron chi connectivity index (χ4n) is 2.33. The molecule has 8 nitrogen and oxygen atoms in total. The number of hydrogen-bond donors (Lipinski definition) is 3. The van der Waals surface area contributed by atoms with Crippen LogP contribution in [0, 0.1) is 0 Å². The zero-order chi connectivity index (χ0) is 18.0. The van der Waals surface area contributed by atoms with E-state index in [1.54, 1.807) is 22.6 Å². The molecule has 0 saturated heterocycles. The molecule has 0 aliphatic heterocycles. The SMILES string of the molecule is NC(=O)c1ccc2nc(C(=O)NCc3cccc(C(=O)O)c3)cn2c1. The van der Waals surface area contributed by atoms with Gasteiger partial charge in [-0.25, -0.2) is 9.78 Å². The number of primary amides is 1. The van der Waals surface area contributed by atoms with Crippen molar-refractivity contribution in [2.45, 2.75) is 6.54 Å². The molecular formula is C17H14N4O4. The molecule has 0 unspecified atom stereocenters. The van der Waals surface area contributed by atoms with Crippen molar-refractivity contribution in [3.8, 4) is 0 Å². The van der Waals surface area contributed by atoms with E-state index in [0.29, 0.717) is 16.8 Å². The summed E-state index contributed by atoms with van der Waals surface area (Å²) in [6.45, 7) is 0.167. The summed E-state index contributed by atoms with van der Waals surface area (Å²) in [5.41, 5.74) is 7.02. The summed E-state index contributed by atoms with van der Waals surface area (Å²) in [5.74, 6) is -2.01. The molecule has 126 valence electrons. The molecular weight excluding hydrogens is 324 g/mol. The van der Waals surface area contributed by atoms with Gasteiger partial charge in [-0.2, -0.15) is 0 Å². The number of carboxylic acid groups (broad SMARTS) is 1.